The second kappa shape index (κ2) is 6.62. The van der Waals surface area contributed by atoms with Gasteiger partial charge in [0.1, 0.15) is 0 Å². The Morgan fingerprint density at radius 3 is 2.52 bits per heavy atom. The van der Waals surface area contributed by atoms with E-state index in [2.05, 4.69) is 11.0 Å². The van der Waals surface area contributed by atoms with E-state index >= 15 is 0 Å². The van der Waals surface area contributed by atoms with Crippen molar-refractivity contribution in [2.24, 2.45) is 5.73 Å². The molecule has 0 radical (unpaired) electrons. The second-order valence-corrected chi connectivity index (χ2v) is 5.57. The van der Waals surface area contributed by atoms with Crippen LogP contribution in [0, 0.1) is 11.3 Å². The minimum absolute atomic E-state index is 0.0161. The Balaban J connectivity index is 2.40. The van der Waals surface area contributed by atoms with Crippen molar-refractivity contribution in [3.63, 3.8) is 0 Å². The lowest BCUT2D eigenvalue weighted by molar-refractivity contribution is 0.558. The van der Waals surface area contributed by atoms with Crippen molar-refractivity contribution < 1.29 is 0 Å². The van der Waals surface area contributed by atoms with Crippen LogP contribution < -0.4 is 10.6 Å². The SMILES string of the molecule is CC(N)C(c1cccc(Cl)c1)N(C)c1cccc(C#N)c1. The van der Waals surface area contributed by atoms with Crippen LogP contribution in [-0.2, 0) is 0 Å². The Morgan fingerprint density at radius 1 is 1.19 bits per heavy atom. The van der Waals surface area contributed by atoms with Gasteiger partial charge in [-0.1, -0.05) is 29.8 Å². The van der Waals surface area contributed by atoms with Gasteiger partial charge in [0.05, 0.1) is 17.7 Å². The van der Waals surface area contributed by atoms with Gasteiger partial charge < -0.3 is 10.6 Å². The van der Waals surface area contributed by atoms with Crippen molar-refractivity contribution in [1.29, 1.82) is 5.26 Å². The summed E-state index contributed by atoms with van der Waals surface area (Å²) in [7, 11) is 1.98. The molecule has 21 heavy (non-hydrogen) atoms. The largest absolute Gasteiger partial charge is 0.366 e. The molecule has 2 N–H and O–H groups in total. The first-order valence-electron chi connectivity index (χ1n) is 6.77. The number of rotatable bonds is 4. The summed E-state index contributed by atoms with van der Waals surface area (Å²) in [6.07, 6.45) is 0. The first-order valence-corrected chi connectivity index (χ1v) is 7.14. The zero-order valence-electron chi connectivity index (χ0n) is 12.1. The fourth-order valence-corrected chi connectivity index (χ4v) is 2.72. The molecule has 2 unspecified atom stereocenters. The number of nitrogens with two attached hydrogens (primary N) is 1. The summed E-state index contributed by atoms with van der Waals surface area (Å²) in [4.78, 5) is 2.08. The Morgan fingerprint density at radius 2 is 1.90 bits per heavy atom. The van der Waals surface area contributed by atoms with Gasteiger partial charge in [-0.05, 0) is 42.8 Å². The molecule has 3 nitrogen and oxygen atoms in total. The number of benzene rings is 2. The average Bonchev–Trinajstić information content (AvgIpc) is 2.47. The summed E-state index contributed by atoms with van der Waals surface area (Å²) in [5.74, 6) is 0. The van der Waals surface area contributed by atoms with Gasteiger partial charge >= 0.3 is 0 Å². The third-order valence-electron chi connectivity index (χ3n) is 3.49. The maximum absolute atomic E-state index is 9.03. The van der Waals surface area contributed by atoms with Crippen molar-refractivity contribution in [3.8, 4) is 6.07 Å². The number of nitrogens with zero attached hydrogens (tertiary/aromatic N) is 2. The summed E-state index contributed by atoms with van der Waals surface area (Å²) in [6, 6.07) is 17.3. The maximum Gasteiger partial charge on any atom is 0.0992 e. The predicted molar refractivity (Wildman–Crippen MR) is 87.4 cm³/mol. The summed E-state index contributed by atoms with van der Waals surface area (Å²) in [5, 5.41) is 9.73. The molecule has 4 heteroatoms. The van der Waals surface area contributed by atoms with Gasteiger partial charge in [-0.3, -0.25) is 0 Å². The van der Waals surface area contributed by atoms with Gasteiger partial charge in [0.15, 0.2) is 0 Å². The van der Waals surface area contributed by atoms with E-state index in [1.165, 1.54) is 0 Å². The van der Waals surface area contributed by atoms with Crippen molar-refractivity contribution >= 4 is 17.3 Å². The standard InChI is InChI=1S/C17H18ClN3/c1-12(20)17(14-6-4-7-15(18)10-14)21(2)16-8-3-5-13(9-16)11-19/h3-10,12,17H,20H2,1-2H3. The summed E-state index contributed by atoms with van der Waals surface area (Å²) < 4.78 is 0. The van der Waals surface area contributed by atoms with Crippen molar-refractivity contribution in [2.75, 3.05) is 11.9 Å². The van der Waals surface area contributed by atoms with E-state index in [-0.39, 0.29) is 12.1 Å². The van der Waals surface area contributed by atoms with Crippen LogP contribution in [0.15, 0.2) is 48.5 Å². The molecule has 2 rings (SSSR count). The normalized spacial score (nSPS) is 13.3. The summed E-state index contributed by atoms with van der Waals surface area (Å²) >= 11 is 6.09. The van der Waals surface area contributed by atoms with Gasteiger partial charge in [0.2, 0.25) is 0 Å². The van der Waals surface area contributed by atoms with Crippen LogP contribution in [0.4, 0.5) is 5.69 Å². The number of halogens is 1. The topological polar surface area (TPSA) is 53.0 Å². The summed E-state index contributed by atoms with van der Waals surface area (Å²) in [6.45, 7) is 1.97. The first-order chi connectivity index (χ1) is 10.0. The molecular weight excluding hydrogens is 282 g/mol. The zero-order valence-corrected chi connectivity index (χ0v) is 12.9. The third-order valence-corrected chi connectivity index (χ3v) is 3.72. The molecule has 0 saturated carbocycles. The molecule has 0 bridgehead atoms. The average molecular weight is 300 g/mol. The van der Waals surface area contributed by atoms with Gasteiger partial charge in [-0.15, -0.1) is 0 Å². The number of nitriles is 1. The lowest BCUT2D eigenvalue weighted by atomic mass is 9.99. The van der Waals surface area contributed by atoms with Crippen molar-refractivity contribution in [3.05, 3.63) is 64.7 Å². The molecule has 0 amide bonds. The molecule has 0 fully saturated rings. The highest BCUT2D eigenvalue weighted by atomic mass is 35.5. The van der Waals surface area contributed by atoms with Crippen LogP contribution >= 0.6 is 11.6 Å². The lowest BCUT2D eigenvalue weighted by Gasteiger charge is -2.33. The number of hydrogen-bond acceptors (Lipinski definition) is 3. The van der Waals surface area contributed by atoms with Crippen LogP contribution in [0.2, 0.25) is 5.02 Å². The van der Waals surface area contributed by atoms with Crippen LogP contribution in [0.5, 0.6) is 0 Å². The number of hydrogen-bond donors (Lipinski definition) is 1. The monoisotopic (exact) mass is 299 g/mol. The fraction of sp³-hybridized carbons (Fsp3) is 0.235. The van der Waals surface area contributed by atoms with E-state index < -0.39 is 0 Å². The molecule has 0 spiro atoms. The molecule has 0 heterocycles. The zero-order chi connectivity index (χ0) is 15.4. The minimum Gasteiger partial charge on any atom is -0.366 e. The Labute approximate surface area is 130 Å². The minimum atomic E-state index is -0.0841. The van der Waals surface area contributed by atoms with Gasteiger partial charge in [-0.25, -0.2) is 0 Å². The van der Waals surface area contributed by atoms with Crippen LogP contribution in [-0.4, -0.2) is 13.1 Å². The van der Waals surface area contributed by atoms with Gasteiger partial charge in [0.25, 0.3) is 0 Å². The predicted octanol–water partition coefficient (Wildman–Crippen LogP) is 3.74. The van der Waals surface area contributed by atoms with Crippen LogP contribution in [0.1, 0.15) is 24.1 Å². The fourth-order valence-electron chi connectivity index (χ4n) is 2.53. The number of likely N-dealkylation sites (N-methyl/N-ethyl adjacent to an activating group) is 1. The number of anilines is 1. The molecule has 2 atom stereocenters. The van der Waals surface area contributed by atoms with E-state index in [4.69, 9.17) is 22.6 Å². The second-order valence-electron chi connectivity index (χ2n) is 5.13. The molecule has 2 aromatic carbocycles. The van der Waals surface area contributed by atoms with E-state index in [9.17, 15) is 0 Å². The Kier molecular flexibility index (Phi) is 4.85. The Bertz CT molecular complexity index is 661. The van der Waals surface area contributed by atoms with Crippen LogP contribution in [0.25, 0.3) is 0 Å². The molecule has 0 aliphatic rings. The van der Waals surface area contributed by atoms with Crippen molar-refractivity contribution in [2.45, 2.75) is 19.0 Å². The van der Waals surface area contributed by atoms with E-state index in [0.717, 1.165) is 11.3 Å². The van der Waals surface area contributed by atoms with E-state index in [1.807, 2.05) is 56.4 Å². The molecule has 0 aromatic heterocycles. The highest BCUT2D eigenvalue weighted by molar-refractivity contribution is 6.30. The third kappa shape index (κ3) is 3.55. The van der Waals surface area contributed by atoms with Gasteiger partial charge in [-0.2, -0.15) is 5.26 Å². The Hall–Kier alpha value is -2.02. The van der Waals surface area contributed by atoms with E-state index in [1.54, 1.807) is 6.07 Å². The quantitative estimate of drug-likeness (QED) is 0.935. The lowest BCUT2D eigenvalue weighted by Crippen LogP contribution is -2.37. The summed E-state index contributed by atoms with van der Waals surface area (Å²) in [5.41, 5.74) is 8.82. The molecule has 2 aromatic rings. The maximum atomic E-state index is 9.03. The first kappa shape index (κ1) is 15.4. The van der Waals surface area contributed by atoms with Crippen LogP contribution in [0.3, 0.4) is 0 Å². The molecule has 0 saturated heterocycles. The highest BCUT2D eigenvalue weighted by Gasteiger charge is 2.22. The highest BCUT2D eigenvalue weighted by Crippen LogP contribution is 2.29. The smallest absolute Gasteiger partial charge is 0.0992 e. The molecular formula is C17H18ClN3. The van der Waals surface area contributed by atoms with E-state index in [0.29, 0.717) is 10.6 Å². The molecule has 0 aliphatic carbocycles. The van der Waals surface area contributed by atoms with Crippen molar-refractivity contribution in [1.82, 2.24) is 0 Å². The van der Waals surface area contributed by atoms with Gasteiger partial charge in [0, 0.05) is 23.8 Å². The molecule has 0 aliphatic heterocycles. The molecule has 108 valence electrons.